The molecule has 0 atom stereocenters. The Morgan fingerprint density at radius 2 is 1.74 bits per heavy atom. The third-order valence-corrected chi connectivity index (χ3v) is 7.99. The van der Waals surface area contributed by atoms with Gasteiger partial charge in [0.05, 0.1) is 5.52 Å². The number of aryl methyl sites for hydroxylation is 1. The Hall–Kier alpha value is -2.97. The molecule has 0 bridgehead atoms. The SMILES string of the molecule is Cc1cnc2c(S(=O)(=O)N3CCN(C(=O)N4CCc5ccccc54)CC3)cccc2c1. The van der Waals surface area contributed by atoms with Crippen LogP contribution >= 0.6 is 0 Å². The maximum absolute atomic E-state index is 13.4. The molecule has 1 aromatic heterocycles. The molecule has 5 rings (SSSR count). The van der Waals surface area contributed by atoms with E-state index < -0.39 is 10.0 Å². The van der Waals surface area contributed by atoms with E-state index in [9.17, 15) is 13.2 Å². The molecule has 2 aliphatic rings. The summed E-state index contributed by atoms with van der Waals surface area (Å²) in [4.78, 5) is 21.2. The Balaban J connectivity index is 1.33. The average Bonchev–Trinajstić information content (AvgIpc) is 3.22. The monoisotopic (exact) mass is 436 g/mol. The lowest BCUT2D eigenvalue weighted by molar-refractivity contribution is 0.178. The van der Waals surface area contributed by atoms with Gasteiger partial charge in [-0.1, -0.05) is 30.3 Å². The first-order chi connectivity index (χ1) is 14.9. The van der Waals surface area contributed by atoms with Gasteiger partial charge in [0.1, 0.15) is 4.90 Å². The molecule has 2 amide bonds. The van der Waals surface area contributed by atoms with Gasteiger partial charge in [0, 0.05) is 50.0 Å². The third-order valence-electron chi connectivity index (χ3n) is 6.06. The van der Waals surface area contributed by atoms with Gasteiger partial charge < -0.3 is 4.90 Å². The number of nitrogens with zero attached hydrogens (tertiary/aromatic N) is 4. The second kappa shape index (κ2) is 7.62. The van der Waals surface area contributed by atoms with Crippen molar-refractivity contribution < 1.29 is 13.2 Å². The van der Waals surface area contributed by atoms with Gasteiger partial charge in [-0.2, -0.15) is 4.31 Å². The minimum absolute atomic E-state index is 0.0516. The lowest BCUT2D eigenvalue weighted by atomic mass is 10.2. The maximum Gasteiger partial charge on any atom is 0.324 e. The quantitative estimate of drug-likeness (QED) is 0.619. The number of sulfonamides is 1. The molecule has 2 aliphatic heterocycles. The van der Waals surface area contributed by atoms with E-state index in [-0.39, 0.29) is 24.0 Å². The lowest BCUT2D eigenvalue weighted by Crippen LogP contribution is -2.53. The summed E-state index contributed by atoms with van der Waals surface area (Å²) in [5.74, 6) is 0. The molecule has 0 aliphatic carbocycles. The number of amides is 2. The van der Waals surface area contributed by atoms with E-state index >= 15 is 0 Å². The number of hydrogen-bond acceptors (Lipinski definition) is 4. The molecular weight excluding hydrogens is 412 g/mol. The van der Waals surface area contributed by atoms with Crippen LogP contribution in [0.15, 0.2) is 59.6 Å². The molecule has 0 unspecified atom stereocenters. The van der Waals surface area contributed by atoms with Crippen LogP contribution in [-0.2, 0) is 16.4 Å². The predicted molar refractivity (Wildman–Crippen MR) is 120 cm³/mol. The Labute approximate surface area is 181 Å². The van der Waals surface area contributed by atoms with Gasteiger partial charge in [-0.3, -0.25) is 9.88 Å². The molecule has 3 heterocycles. The minimum Gasteiger partial charge on any atom is -0.322 e. The molecular formula is C23H24N4O3S. The van der Waals surface area contributed by atoms with Crippen LogP contribution < -0.4 is 4.90 Å². The summed E-state index contributed by atoms with van der Waals surface area (Å²) >= 11 is 0. The van der Waals surface area contributed by atoms with E-state index in [2.05, 4.69) is 4.98 Å². The predicted octanol–water partition coefficient (Wildman–Crippen LogP) is 3.03. The molecule has 2 aromatic carbocycles. The van der Waals surface area contributed by atoms with Crippen LogP contribution in [0.2, 0.25) is 0 Å². The number of fused-ring (bicyclic) bond motifs is 2. The first-order valence-corrected chi connectivity index (χ1v) is 11.9. The molecule has 8 heteroatoms. The number of carbonyl (C=O) groups is 1. The fraction of sp³-hybridized carbons (Fsp3) is 0.304. The number of anilines is 1. The summed E-state index contributed by atoms with van der Waals surface area (Å²) in [5.41, 5.74) is 3.60. The first kappa shape index (κ1) is 20.0. The molecule has 0 spiro atoms. The van der Waals surface area contributed by atoms with Crippen molar-refractivity contribution in [2.45, 2.75) is 18.2 Å². The molecule has 1 saturated heterocycles. The zero-order valence-electron chi connectivity index (χ0n) is 17.4. The normalized spacial score (nSPS) is 17.2. The van der Waals surface area contributed by atoms with Gasteiger partial charge in [-0.15, -0.1) is 0 Å². The molecule has 3 aromatic rings. The van der Waals surface area contributed by atoms with Crippen molar-refractivity contribution in [3.63, 3.8) is 0 Å². The summed E-state index contributed by atoms with van der Waals surface area (Å²) in [6, 6.07) is 15.1. The van der Waals surface area contributed by atoms with Crippen molar-refractivity contribution >= 4 is 32.6 Å². The zero-order valence-corrected chi connectivity index (χ0v) is 18.2. The summed E-state index contributed by atoms with van der Waals surface area (Å²) in [5, 5.41) is 0.808. The molecule has 7 nitrogen and oxygen atoms in total. The smallest absolute Gasteiger partial charge is 0.322 e. The Bertz CT molecular complexity index is 1270. The second-order valence-electron chi connectivity index (χ2n) is 8.04. The first-order valence-electron chi connectivity index (χ1n) is 10.4. The highest BCUT2D eigenvalue weighted by Crippen LogP contribution is 2.29. The van der Waals surface area contributed by atoms with Crippen LogP contribution in [0.4, 0.5) is 10.5 Å². The standard InChI is InChI=1S/C23H24N4O3S/c1-17-15-19-6-4-8-21(22(19)24-16-17)31(29,30)26-13-11-25(12-14-26)23(28)27-10-9-18-5-2-3-7-20(18)27/h2-8,15-16H,9-14H2,1H3. The Morgan fingerprint density at radius 3 is 2.55 bits per heavy atom. The van der Waals surface area contributed by atoms with Crippen molar-refractivity contribution in [1.82, 2.24) is 14.2 Å². The number of carbonyl (C=O) groups excluding carboxylic acids is 1. The van der Waals surface area contributed by atoms with E-state index in [1.165, 1.54) is 9.87 Å². The van der Waals surface area contributed by atoms with Crippen LogP contribution in [0.25, 0.3) is 10.9 Å². The van der Waals surface area contributed by atoms with Crippen LogP contribution in [-0.4, -0.2) is 61.4 Å². The number of piperazine rings is 1. The molecule has 160 valence electrons. The van der Waals surface area contributed by atoms with Crippen LogP contribution in [0.5, 0.6) is 0 Å². The topological polar surface area (TPSA) is 73.8 Å². The number of hydrogen-bond donors (Lipinski definition) is 0. The molecule has 31 heavy (non-hydrogen) atoms. The van der Waals surface area contributed by atoms with E-state index in [4.69, 9.17) is 0 Å². The second-order valence-corrected chi connectivity index (χ2v) is 9.95. The van der Waals surface area contributed by atoms with E-state index in [0.717, 1.165) is 23.1 Å². The number of benzene rings is 2. The van der Waals surface area contributed by atoms with Gasteiger partial charge in [0.15, 0.2) is 0 Å². The molecule has 0 radical (unpaired) electrons. The van der Waals surface area contributed by atoms with Crippen LogP contribution in [0, 0.1) is 6.92 Å². The van der Waals surface area contributed by atoms with Gasteiger partial charge in [0.25, 0.3) is 0 Å². The zero-order chi connectivity index (χ0) is 21.6. The fourth-order valence-corrected chi connectivity index (χ4v) is 6.01. The average molecular weight is 437 g/mol. The lowest BCUT2D eigenvalue weighted by Gasteiger charge is -2.36. The number of rotatable bonds is 2. The molecule has 0 saturated carbocycles. The Kier molecular flexibility index (Phi) is 4.91. The molecule has 0 N–H and O–H groups in total. The van der Waals surface area contributed by atoms with Gasteiger partial charge in [0.2, 0.25) is 10.0 Å². The summed E-state index contributed by atoms with van der Waals surface area (Å²) < 4.78 is 28.2. The maximum atomic E-state index is 13.4. The van der Waals surface area contributed by atoms with Crippen molar-refractivity contribution in [3.8, 4) is 0 Å². The van der Waals surface area contributed by atoms with Gasteiger partial charge in [-0.25, -0.2) is 13.2 Å². The fourth-order valence-electron chi connectivity index (χ4n) is 4.42. The highest BCUT2D eigenvalue weighted by molar-refractivity contribution is 7.89. The van der Waals surface area contributed by atoms with E-state index in [1.54, 1.807) is 28.1 Å². The molecule has 1 fully saturated rings. The van der Waals surface area contributed by atoms with Gasteiger partial charge >= 0.3 is 6.03 Å². The highest BCUT2D eigenvalue weighted by Gasteiger charge is 2.34. The Morgan fingerprint density at radius 1 is 0.968 bits per heavy atom. The summed E-state index contributed by atoms with van der Waals surface area (Å²) in [6.45, 7) is 3.88. The highest BCUT2D eigenvalue weighted by atomic mass is 32.2. The van der Waals surface area contributed by atoms with Crippen molar-refractivity contribution in [3.05, 3.63) is 65.9 Å². The summed E-state index contributed by atoms with van der Waals surface area (Å²) in [6.07, 6.45) is 2.54. The summed E-state index contributed by atoms with van der Waals surface area (Å²) in [7, 11) is -3.70. The van der Waals surface area contributed by atoms with Crippen molar-refractivity contribution in [1.29, 1.82) is 0 Å². The third kappa shape index (κ3) is 3.45. The largest absolute Gasteiger partial charge is 0.324 e. The number of pyridine rings is 1. The number of aromatic nitrogens is 1. The van der Waals surface area contributed by atoms with Crippen molar-refractivity contribution in [2.75, 3.05) is 37.6 Å². The van der Waals surface area contributed by atoms with E-state index in [1.807, 2.05) is 43.3 Å². The number of para-hydroxylation sites is 2. The van der Waals surface area contributed by atoms with Crippen LogP contribution in [0.3, 0.4) is 0 Å². The van der Waals surface area contributed by atoms with Crippen LogP contribution in [0.1, 0.15) is 11.1 Å². The number of urea groups is 1. The van der Waals surface area contributed by atoms with Crippen molar-refractivity contribution in [2.24, 2.45) is 0 Å². The van der Waals surface area contributed by atoms with E-state index in [0.29, 0.717) is 25.2 Å². The minimum atomic E-state index is -3.70. The van der Waals surface area contributed by atoms with Gasteiger partial charge in [-0.05, 0) is 42.7 Å².